The molecule has 0 saturated heterocycles. The molecule has 120 valence electrons. The number of nitrogens with one attached hydrogen (secondary N) is 1. The molecule has 0 aromatic heterocycles. The first kappa shape index (κ1) is 16.3. The predicted octanol–water partition coefficient (Wildman–Crippen LogP) is 3.21. The molecule has 21 heavy (non-hydrogen) atoms. The maximum absolute atomic E-state index is 12.5. The van der Waals surface area contributed by atoms with Crippen LogP contribution in [-0.2, 0) is 9.59 Å². The summed E-state index contributed by atoms with van der Waals surface area (Å²) in [6.07, 6.45) is 6.53. The summed E-state index contributed by atoms with van der Waals surface area (Å²) in [5.74, 6) is -0.582. The van der Waals surface area contributed by atoms with Crippen LogP contribution < -0.4 is 5.32 Å². The van der Waals surface area contributed by atoms with Crippen LogP contribution in [0.1, 0.15) is 65.7 Å². The van der Waals surface area contributed by atoms with E-state index in [2.05, 4.69) is 26.1 Å². The van der Waals surface area contributed by atoms with Gasteiger partial charge in [0.1, 0.15) is 0 Å². The highest BCUT2D eigenvalue weighted by molar-refractivity contribution is 5.81. The lowest BCUT2D eigenvalue weighted by Gasteiger charge is -2.41. The average molecular weight is 295 g/mol. The summed E-state index contributed by atoms with van der Waals surface area (Å²) in [5.41, 5.74) is 0.206. The van der Waals surface area contributed by atoms with Crippen LogP contribution in [0.4, 0.5) is 0 Å². The van der Waals surface area contributed by atoms with Gasteiger partial charge in [0, 0.05) is 12.0 Å². The van der Waals surface area contributed by atoms with Crippen molar-refractivity contribution >= 4 is 11.9 Å². The SMILES string of the molecule is CC(C)(C)C1CCCCC1NC(=O)C1CCC(C(=O)O)C1. The summed E-state index contributed by atoms with van der Waals surface area (Å²) >= 11 is 0. The fourth-order valence-corrected chi connectivity index (χ4v) is 4.08. The Hall–Kier alpha value is -1.06. The second kappa shape index (κ2) is 6.37. The molecule has 4 unspecified atom stereocenters. The van der Waals surface area contributed by atoms with Gasteiger partial charge in [-0.05, 0) is 43.4 Å². The van der Waals surface area contributed by atoms with Crippen molar-refractivity contribution in [3.8, 4) is 0 Å². The molecule has 0 aromatic rings. The zero-order valence-corrected chi connectivity index (χ0v) is 13.5. The molecular weight excluding hydrogens is 266 g/mol. The van der Waals surface area contributed by atoms with Gasteiger partial charge in [-0.2, -0.15) is 0 Å². The Morgan fingerprint density at radius 2 is 1.62 bits per heavy atom. The maximum atomic E-state index is 12.5. The summed E-state index contributed by atoms with van der Waals surface area (Å²) in [7, 11) is 0. The predicted molar refractivity (Wildman–Crippen MR) is 81.8 cm³/mol. The lowest BCUT2D eigenvalue weighted by Crippen LogP contribution is -2.48. The van der Waals surface area contributed by atoms with Gasteiger partial charge in [0.2, 0.25) is 5.91 Å². The minimum atomic E-state index is -0.754. The number of hydrogen-bond acceptors (Lipinski definition) is 2. The van der Waals surface area contributed by atoms with E-state index in [0.29, 0.717) is 18.8 Å². The minimum absolute atomic E-state index is 0.0832. The Morgan fingerprint density at radius 1 is 1.00 bits per heavy atom. The maximum Gasteiger partial charge on any atom is 0.306 e. The average Bonchev–Trinajstić information content (AvgIpc) is 2.88. The van der Waals surface area contributed by atoms with Crippen LogP contribution in [0.5, 0.6) is 0 Å². The molecule has 2 aliphatic carbocycles. The van der Waals surface area contributed by atoms with Gasteiger partial charge in [-0.25, -0.2) is 0 Å². The monoisotopic (exact) mass is 295 g/mol. The number of carboxylic acid groups (broad SMARTS) is 1. The lowest BCUT2D eigenvalue weighted by atomic mass is 9.69. The van der Waals surface area contributed by atoms with Crippen molar-refractivity contribution in [3.63, 3.8) is 0 Å². The molecule has 1 amide bonds. The van der Waals surface area contributed by atoms with E-state index in [-0.39, 0.29) is 29.2 Å². The van der Waals surface area contributed by atoms with E-state index in [1.165, 1.54) is 19.3 Å². The quantitative estimate of drug-likeness (QED) is 0.840. The Labute approximate surface area is 127 Å². The number of carbonyl (C=O) groups excluding carboxylic acids is 1. The van der Waals surface area contributed by atoms with Gasteiger partial charge < -0.3 is 10.4 Å². The third kappa shape index (κ3) is 3.98. The first-order valence-corrected chi connectivity index (χ1v) is 8.32. The number of carbonyl (C=O) groups is 2. The summed E-state index contributed by atoms with van der Waals surface area (Å²) in [5, 5.41) is 12.3. The largest absolute Gasteiger partial charge is 0.481 e. The molecule has 0 heterocycles. The van der Waals surface area contributed by atoms with Crippen molar-refractivity contribution in [3.05, 3.63) is 0 Å². The fraction of sp³-hybridized carbons (Fsp3) is 0.882. The van der Waals surface area contributed by atoms with Gasteiger partial charge in [-0.3, -0.25) is 9.59 Å². The highest BCUT2D eigenvalue weighted by Gasteiger charge is 2.38. The molecule has 0 aromatic carbocycles. The highest BCUT2D eigenvalue weighted by Crippen LogP contribution is 2.38. The molecule has 0 spiro atoms. The van der Waals surface area contributed by atoms with E-state index in [1.807, 2.05) is 0 Å². The summed E-state index contributed by atoms with van der Waals surface area (Å²) in [4.78, 5) is 23.5. The van der Waals surface area contributed by atoms with Crippen molar-refractivity contribution < 1.29 is 14.7 Å². The van der Waals surface area contributed by atoms with E-state index in [4.69, 9.17) is 5.11 Å². The third-order valence-corrected chi connectivity index (χ3v) is 5.36. The molecule has 0 radical (unpaired) electrons. The van der Waals surface area contributed by atoms with Gasteiger partial charge in [0.15, 0.2) is 0 Å². The van der Waals surface area contributed by atoms with Gasteiger partial charge in [-0.15, -0.1) is 0 Å². The molecule has 0 aliphatic heterocycles. The molecule has 0 bridgehead atoms. The van der Waals surface area contributed by atoms with Crippen molar-refractivity contribution in [2.45, 2.75) is 71.8 Å². The Bertz CT molecular complexity index is 399. The second-order valence-electron chi connectivity index (χ2n) is 7.92. The first-order valence-electron chi connectivity index (χ1n) is 8.32. The number of aliphatic carboxylic acids is 1. The lowest BCUT2D eigenvalue weighted by molar-refractivity contribution is -0.141. The Morgan fingerprint density at radius 3 is 2.19 bits per heavy atom. The van der Waals surface area contributed by atoms with Gasteiger partial charge in [0.25, 0.3) is 0 Å². The molecule has 2 aliphatic rings. The highest BCUT2D eigenvalue weighted by atomic mass is 16.4. The van der Waals surface area contributed by atoms with Crippen molar-refractivity contribution in [2.24, 2.45) is 23.2 Å². The minimum Gasteiger partial charge on any atom is -0.481 e. The number of rotatable bonds is 3. The molecule has 2 N–H and O–H groups in total. The Balaban J connectivity index is 1.93. The van der Waals surface area contributed by atoms with Crippen molar-refractivity contribution in [1.82, 2.24) is 5.32 Å². The zero-order valence-electron chi connectivity index (χ0n) is 13.5. The van der Waals surface area contributed by atoms with Crippen molar-refractivity contribution in [2.75, 3.05) is 0 Å². The van der Waals surface area contributed by atoms with Crippen LogP contribution in [-0.4, -0.2) is 23.0 Å². The van der Waals surface area contributed by atoms with Crippen LogP contribution in [0, 0.1) is 23.2 Å². The summed E-state index contributed by atoms with van der Waals surface area (Å²) in [6.45, 7) is 6.74. The van der Waals surface area contributed by atoms with Crippen LogP contribution in [0.2, 0.25) is 0 Å². The number of carboxylic acids is 1. The van der Waals surface area contributed by atoms with Crippen LogP contribution in [0.3, 0.4) is 0 Å². The molecule has 2 saturated carbocycles. The summed E-state index contributed by atoms with van der Waals surface area (Å²) in [6, 6.07) is 0.259. The van der Waals surface area contributed by atoms with Gasteiger partial charge in [-0.1, -0.05) is 33.6 Å². The van der Waals surface area contributed by atoms with Gasteiger partial charge in [0.05, 0.1) is 5.92 Å². The van der Waals surface area contributed by atoms with E-state index in [1.54, 1.807) is 0 Å². The normalized spacial score (nSPS) is 33.7. The molecule has 4 nitrogen and oxygen atoms in total. The van der Waals surface area contributed by atoms with E-state index in [9.17, 15) is 9.59 Å². The number of hydrogen-bond donors (Lipinski definition) is 2. The van der Waals surface area contributed by atoms with E-state index in [0.717, 1.165) is 12.8 Å². The van der Waals surface area contributed by atoms with E-state index < -0.39 is 5.97 Å². The fourth-order valence-electron chi connectivity index (χ4n) is 4.08. The van der Waals surface area contributed by atoms with Crippen LogP contribution in [0.15, 0.2) is 0 Å². The number of amides is 1. The Kier molecular flexibility index (Phi) is 4.95. The third-order valence-electron chi connectivity index (χ3n) is 5.36. The molecule has 2 fully saturated rings. The molecular formula is C17H29NO3. The second-order valence-corrected chi connectivity index (χ2v) is 7.92. The first-order chi connectivity index (χ1) is 9.79. The topological polar surface area (TPSA) is 66.4 Å². The molecule has 4 heteroatoms. The molecule has 4 atom stereocenters. The smallest absolute Gasteiger partial charge is 0.306 e. The van der Waals surface area contributed by atoms with E-state index >= 15 is 0 Å². The standard InChI is InChI=1S/C17H29NO3/c1-17(2,3)13-6-4-5-7-14(13)18-15(19)11-8-9-12(10-11)16(20)21/h11-14H,4-10H2,1-3H3,(H,18,19)(H,20,21). The van der Waals surface area contributed by atoms with Gasteiger partial charge >= 0.3 is 5.97 Å². The van der Waals surface area contributed by atoms with Crippen LogP contribution >= 0.6 is 0 Å². The molecule has 2 rings (SSSR count). The zero-order chi connectivity index (χ0) is 15.6. The van der Waals surface area contributed by atoms with Crippen molar-refractivity contribution in [1.29, 1.82) is 0 Å². The summed E-state index contributed by atoms with van der Waals surface area (Å²) < 4.78 is 0. The van der Waals surface area contributed by atoms with Crippen LogP contribution in [0.25, 0.3) is 0 Å².